The molecule has 3 N–H and O–H groups in total. The van der Waals surface area contributed by atoms with Crippen LogP contribution in [0, 0.1) is 12.7 Å². The normalized spacial score (nSPS) is 14.9. The van der Waals surface area contributed by atoms with E-state index in [9.17, 15) is 9.18 Å². The molecule has 8 heteroatoms. The Morgan fingerprint density at radius 2 is 2.07 bits per heavy atom. The number of nitrogens with two attached hydrogens (primary N) is 1. The molecule has 1 aliphatic rings. The summed E-state index contributed by atoms with van der Waals surface area (Å²) in [6.07, 6.45) is 6.92. The van der Waals surface area contributed by atoms with Crippen molar-refractivity contribution in [3.63, 3.8) is 0 Å². The SMILES string of the molecule is Cc1c(C(N)=O)sc2ncnc(Nc3ccc(F)cc3OC3CCCCC3)c12. The van der Waals surface area contributed by atoms with Gasteiger partial charge in [-0.25, -0.2) is 14.4 Å². The summed E-state index contributed by atoms with van der Waals surface area (Å²) in [5, 5.41) is 3.97. The molecule has 1 saturated carbocycles. The van der Waals surface area contributed by atoms with E-state index < -0.39 is 5.91 Å². The Hall–Kier alpha value is -2.74. The van der Waals surface area contributed by atoms with Crippen LogP contribution in [0.2, 0.25) is 0 Å². The second kappa shape index (κ2) is 7.71. The maximum atomic E-state index is 13.9. The smallest absolute Gasteiger partial charge is 0.259 e. The van der Waals surface area contributed by atoms with Gasteiger partial charge in [-0.05, 0) is 50.3 Å². The summed E-state index contributed by atoms with van der Waals surface area (Å²) in [6.45, 7) is 1.82. The largest absolute Gasteiger partial charge is 0.488 e. The van der Waals surface area contributed by atoms with Crippen LogP contribution in [0.1, 0.15) is 47.3 Å². The second-order valence-corrected chi connectivity index (χ2v) is 7.97. The van der Waals surface area contributed by atoms with Crippen LogP contribution in [0.3, 0.4) is 0 Å². The van der Waals surface area contributed by atoms with E-state index in [4.69, 9.17) is 10.5 Å². The Morgan fingerprint density at radius 1 is 1.29 bits per heavy atom. The molecule has 4 rings (SSSR count). The Labute approximate surface area is 165 Å². The van der Waals surface area contributed by atoms with Gasteiger partial charge in [0.2, 0.25) is 0 Å². The number of carbonyl (C=O) groups excluding carboxylic acids is 1. The Balaban J connectivity index is 1.70. The number of aryl methyl sites for hydroxylation is 1. The van der Waals surface area contributed by atoms with Gasteiger partial charge in [0.25, 0.3) is 5.91 Å². The molecule has 2 heterocycles. The van der Waals surface area contributed by atoms with Crippen molar-refractivity contribution in [2.45, 2.75) is 45.1 Å². The average Bonchev–Trinajstić information content (AvgIpc) is 3.03. The number of hydrogen-bond donors (Lipinski definition) is 2. The van der Waals surface area contributed by atoms with E-state index in [0.29, 0.717) is 27.0 Å². The van der Waals surface area contributed by atoms with E-state index in [-0.39, 0.29) is 11.9 Å². The number of primary amides is 1. The van der Waals surface area contributed by atoms with E-state index in [0.717, 1.165) is 36.6 Å². The monoisotopic (exact) mass is 400 g/mol. The number of ether oxygens (including phenoxy) is 1. The van der Waals surface area contributed by atoms with Crippen molar-refractivity contribution < 1.29 is 13.9 Å². The summed E-state index contributed by atoms with van der Waals surface area (Å²) >= 11 is 1.23. The molecule has 28 heavy (non-hydrogen) atoms. The van der Waals surface area contributed by atoms with Gasteiger partial charge in [0.15, 0.2) is 0 Å². The summed E-state index contributed by atoms with van der Waals surface area (Å²) in [6, 6.07) is 4.41. The van der Waals surface area contributed by atoms with Gasteiger partial charge in [-0.15, -0.1) is 11.3 Å². The number of nitrogens with zero attached hydrogens (tertiary/aromatic N) is 2. The van der Waals surface area contributed by atoms with Crippen LogP contribution in [-0.2, 0) is 0 Å². The van der Waals surface area contributed by atoms with Gasteiger partial charge in [-0.3, -0.25) is 4.79 Å². The van der Waals surface area contributed by atoms with Crippen molar-refractivity contribution in [1.29, 1.82) is 0 Å². The van der Waals surface area contributed by atoms with E-state index in [1.165, 1.54) is 36.2 Å². The molecule has 1 aliphatic carbocycles. The van der Waals surface area contributed by atoms with Gasteiger partial charge in [0, 0.05) is 6.07 Å². The molecule has 0 spiro atoms. The number of anilines is 2. The molecule has 1 fully saturated rings. The molecule has 1 amide bonds. The van der Waals surface area contributed by atoms with Crippen molar-refractivity contribution in [3.8, 4) is 5.75 Å². The minimum atomic E-state index is -0.491. The van der Waals surface area contributed by atoms with Crippen LogP contribution in [0.5, 0.6) is 5.75 Å². The number of amides is 1. The predicted molar refractivity (Wildman–Crippen MR) is 108 cm³/mol. The highest BCUT2D eigenvalue weighted by Gasteiger charge is 2.20. The topological polar surface area (TPSA) is 90.1 Å². The molecule has 3 aromatic rings. The number of halogens is 1. The molecule has 6 nitrogen and oxygen atoms in total. The van der Waals surface area contributed by atoms with Crippen LogP contribution in [0.25, 0.3) is 10.2 Å². The lowest BCUT2D eigenvalue weighted by Gasteiger charge is -2.24. The van der Waals surface area contributed by atoms with E-state index in [2.05, 4.69) is 15.3 Å². The van der Waals surface area contributed by atoms with Crippen LogP contribution in [-0.4, -0.2) is 22.0 Å². The second-order valence-electron chi connectivity index (χ2n) is 6.97. The molecule has 146 valence electrons. The molecule has 0 saturated heterocycles. The summed E-state index contributed by atoms with van der Waals surface area (Å²) < 4.78 is 20.0. The summed E-state index contributed by atoms with van der Waals surface area (Å²) in [5.41, 5.74) is 6.82. The highest BCUT2D eigenvalue weighted by Crippen LogP contribution is 2.37. The molecule has 0 atom stereocenters. The van der Waals surface area contributed by atoms with Crippen LogP contribution < -0.4 is 15.8 Å². The molecular formula is C20H21FN4O2S. The first-order valence-corrected chi connectivity index (χ1v) is 10.1. The number of rotatable bonds is 5. The van der Waals surface area contributed by atoms with Gasteiger partial charge in [0.05, 0.1) is 22.1 Å². The number of fused-ring (bicyclic) bond motifs is 1. The summed E-state index contributed by atoms with van der Waals surface area (Å²) in [5.74, 6) is 0.148. The Bertz CT molecular complexity index is 1030. The first-order chi connectivity index (χ1) is 13.5. The van der Waals surface area contributed by atoms with Gasteiger partial charge in [0.1, 0.15) is 28.5 Å². The Morgan fingerprint density at radius 3 is 2.82 bits per heavy atom. The zero-order valence-corrected chi connectivity index (χ0v) is 16.3. The number of hydrogen-bond acceptors (Lipinski definition) is 6. The van der Waals surface area contributed by atoms with Gasteiger partial charge in [-0.1, -0.05) is 6.42 Å². The number of aromatic nitrogens is 2. The minimum absolute atomic E-state index is 0.0888. The number of carbonyl (C=O) groups is 1. The number of nitrogens with one attached hydrogen (secondary N) is 1. The van der Waals surface area contributed by atoms with Crippen LogP contribution >= 0.6 is 11.3 Å². The minimum Gasteiger partial charge on any atom is -0.488 e. The summed E-state index contributed by atoms with van der Waals surface area (Å²) in [7, 11) is 0. The first kappa shape index (κ1) is 18.6. The lowest BCUT2D eigenvalue weighted by molar-refractivity contribution is 0.100. The standard InChI is InChI=1S/C20H21FN4O2S/c1-11-16-19(23-10-24-20(16)28-17(11)18(22)26)25-14-8-7-12(21)9-15(14)27-13-5-3-2-4-6-13/h7-10,13H,2-6H2,1H3,(H2,22,26)(H,23,24,25). The predicted octanol–water partition coefficient (Wildman–Crippen LogP) is 4.69. The third-order valence-electron chi connectivity index (χ3n) is 4.99. The van der Waals surface area contributed by atoms with Gasteiger partial charge < -0.3 is 15.8 Å². The Kier molecular flexibility index (Phi) is 5.13. The quantitative estimate of drug-likeness (QED) is 0.648. The fourth-order valence-corrected chi connectivity index (χ4v) is 4.59. The van der Waals surface area contributed by atoms with E-state index >= 15 is 0 Å². The zero-order valence-electron chi connectivity index (χ0n) is 15.5. The zero-order chi connectivity index (χ0) is 19.7. The highest BCUT2D eigenvalue weighted by atomic mass is 32.1. The summed E-state index contributed by atoms with van der Waals surface area (Å²) in [4.78, 5) is 21.4. The number of thiophene rings is 1. The van der Waals surface area contributed by atoms with Crippen molar-refractivity contribution in [3.05, 3.63) is 40.8 Å². The van der Waals surface area contributed by atoms with Crippen LogP contribution in [0.15, 0.2) is 24.5 Å². The first-order valence-electron chi connectivity index (χ1n) is 9.30. The maximum absolute atomic E-state index is 13.9. The van der Waals surface area contributed by atoms with Gasteiger partial charge >= 0.3 is 0 Å². The van der Waals surface area contributed by atoms with E-state index in [1.807, 2.05) is 6.92 Å². The van der Waals surface area contributed by atoms with Crippen molar-refractivity contribution in [1.82, 2.24) is 9.97 Å². The maximum Gasteiger partial charge on any atom is 0.259 e. The fourth-order valence-electron chi connectivity index (χ4n) is 3.59. The highest BCUT2D eigenvalue weighted by molar-refractivity contribution is 7.20. The molecule has 0 aliphatic heterocycles. The molecule has 2 aromatic heterocycles. The van der Waals surface area contributed by atoms with Crippen LogP contribution in [0.4, 0.5) is 15.9 Å². The number of benzene rings is 1. The fraction of sp³-hybridized carbons (Fsp3) is 0.350. The lowest BCUT2D eigenvalue weighted by atomic mass is 9.98. The molecular weight excluding hydrogens is 379 g/mol. The third-order valence-corrected chi connectivity index (χ3v) is 6.21. The third kappa shape index (κ3) is 3.64. The molecule has 0 unspecified atom stereocenters. The van der Waals surface area contributed by atoms with E-state index in [1.54, 1.807) is 6.07 Å². The molecule has 0 radical (unpaired) electrons. The van der Waals surface area contributed by atoms with Gasteiger partial charge in [-0.2, -0.15) is 0 Å². The van der Waals surface area contributed by atoms with Crippen molar-refractivity contribution >= 4 is 39.0 Å². The average molecular weight is 400 g/mol. The molecule has 0 bridgehead atoms. The van der Waals surface area contributed by atoms with Crippen molar-refractivity contribution in [2.75, 3.05) is 5.32 Å². The van der Waals surface area contributed by atoms with Crippen molar-refractivity contribution in [2.24, 2.45) is 5.73 Å². The lowest BCUT2D eigenvalue weighted by Crippen LogP contribution is -2.20. The molecule has 1 aromatic carbocycles.